The molecule has 0 aliphatic carbocycles. The molecule has 0 radical (unpaired) electrons. The molecule has 2 rings (SSSR count). The van der Waals surface area contributed by atoms with E-state index >= 15 is 0 Å². The van der Waals surface area contributed by atoms with Gasteiger partial charge in [0.25, 0.3) is 0 Å². The van der Waals surface area contributed by atoms with E-state index in [-0.39, 0.29) is 24.7 Å². The van der Waals surface area contributed by atoms with Crippen molar-refractivity contribution in [2.24, 2.45) is 0 Å². The second-order valence-electron chi connectivity index (χ2n) is 5.62. The van der Waals surface area contributed by atoms with E-state index in [1.165, 1.54) is 6.07 Å². The van der Waals surface area contributed by atoms with E-state index in [0.29, 0.717) is 24.3 Å². The molecular formula is C18H21ClO6Se. The predicted molar refractivity (Wildman–Crippen MR) is 96.2 cm³/mol. The molecular weight excluding hydrogens is 427 g/mol. The van der Waals surface area contributed by atoms with Crippen LogP contribution < -0.4 is 0 Å². The van der Waals surface area contributed by atoms with E-state index in [4.69, 9.17) is 25.8 Å². The number of carbonyl (C=O) groups is 3. The summed E-state index contributed by atoms with van der Waals surface area (Å²) in [4.78, 5) is 36.9. The van der Waals surface area contributed by atoms with Gasteiger partial charge in [0.1, 0.15) is 0 Å². The van der Waals surface area contributed by atoms with E-state index < -0.39 is 36.2 Å². The van der Waals surface area contributed by atoms with Crippen LogP contribution in [0.5, 0.6) is 0 Å². The number of ether oxygens (including phenoxy) is 3. The zero-order chi connectivity index (χ0) is 19.2. The van der Waals surface area contributed by atoms with Crippen molar-refractivity contribution < 1.29 is 28.6 Å². The summed E-state index contributed by atoms with van der Waals surface area (Å²) < 4.78 is 14.4. The summed E-state index contributed by atoms with van der Waals surface area (Å²) in [6, 6.07) is 6.30. The van der Waals surface area contributed by atoms with Crippen molar-refractivity contribution in [3.8, 4) is 0 Å². The topological polar surface area (TPSA) is 78.9 Å². The fourth-order valence-corrected chi connectivity index (χ4v) is 5.83. The van der Waals surface area contributed by atoms with Crippen LogP contribution in [0.3, 0.4) is 0 Å². The normalized spacial score (nSPS) is 22.3. The molecule has 1 heterocycles. The number of halogens is 1. The number of carbonyl (C=O) groups excluding carboxylic acids is 3. The van der Waals surface area contributed by atoms with Crippen LogP contribution in [-0.4, -0.2) is 50.6 Å². The monoisotopic (exact) mass is 448 g/mol. The fraction of sp³-hybridized carbons (Fsp3) is 0.500. The molecule has 26 heavy (non-hydrogen) atoms. The number of hydrogen-bond acceptors (Lipinski definition) is 6. The average molecular weight is 448 g/mol. The van der Waals surface area contributed by atoms with Crippen molar-refractivity contribution in [1.82, 2.24) is 0 Å². The molecule has 0 saturated carbocycles. The molecule has 0 bridgehead atoms. The van der Waals surface area contributed by atoms with Gasteiger partial charge in [-0.1, -0.05) is 0 Å². The first kappa shape index (κ1) is 20.7. The predicted octanol–water partition coefficient (Wildman–Crippen LogP) is 3.00. The van der Waals surface area contributed by atoms with E-state index in [0.717, 1.165) is 0 Å². The van der Waals surface area contributed by atoms with Gasteiger partial charge in [-0.3, -0.25) is 0 Å². The molecule has 0 aromatic heterocycles. The Hall–Kier alpha value is -1.56. The Bertz CT molecular complexity index is 679. The van der Waals surface area contributed by atoms with Gasteiger partial charge >= 0.3 is 164 Å². The van der Waals surface area contributed by atoms with Crippen molar-refractivity contribution in [2.45, 2.75) is 42.4 Å². The Morgan fingerprint density at radius 1 is 1.23 bits per heavy atom. The van der Waals surface area contributed by atoms with Crippen LogP contribution in [0.25, 0.3) is 0 Å². The van der Waals surface area contributed by atoms with Crippen LogP contribution >= 0.6 is 11.6 Å². The van der Waals surface area contributed by atoms with Gasteiger partial charge in [-0.15, -0.1) is 0 Å². The second-order valence-corrected chi connectivity index (χ2v) is 9.13. The van der Waals surface area contributed by atoms with Crippen molar-refractivity contribution in [1.29, 1.82) is 0 Å². The van der Waals surface area contributed by atoms with Gasteiger partial charge in [0.05, 0.1) is 0 Å². The molecule has 8 heteroatoms. The number of benzene rings is 1. The van der Waals surface area contributed by atoms with Crippen LogP contribution in [0.4, 0.5) is 0 Å². The SMILES string of the molecule is CCOC(=O)[C@@H]1CCC[C@@](OC(=O)c2cccc(Cl)c2)(C(=O)OCC)[Se]1. The standard InChI is InChI=1S/C18H21ClO6Se/c1-3-23-16(21)14-9-6-10-18(26-14,17(22)24-4-2)25-15(20)12-7-5-8-13(19)11-12/h5,7-8,11,14H,3-4,6,9-10H2,1-2H3/t14-,18-/m0/s1. The van der Waals surface area contributed by atoms with Crippen LogP contribution in [-0.2, 0) is 23.8 Å². The number of rotatable bonds is 6. The molecule has 0 unspecified atom stereocenters. The van der Waals surface area contributed by atoms with E-state index in [1.807, 2.05) is 0 Å². The third-order valence-corrected chi connectivity index (χ3v) is 7.24. The minimum atomic E-state index is -1.43. The zero-order valence-electron chi connectivity index (χ0n) is 14.7. The van der Waals surface area contributed by atoms with Gasteiger partial charge in [-0.25, -0.2) is 0 Å². The summed E-state index contributed by atoms with van der Waals surface area (Å²) in [7, 11) is 0. The molecule has 1 fully saturated rings. The first-order chi connectivity index (χ1) is 12.4. The van der Waals surface area contributed by atoms with Crippen molar-refractivity contribution in [3.63, 3.8) is 0 Å². The quantitative estimate of drug-likeness (QED) is 0.379. The average Bonchev–Trinajstić information content (AvgIpc) is 2.62. The Labute approximate surface area is 163 Å². The third-order valence-electron chi connectivity index (χ3n) is 3.76. The number of esters is 3. The van der Waals surface area contributed by atoms with E-state index in [1.54, 1.807) is 32.0 Å². The molecule has 1 aliphatic rings. The van der Waals surface area contributed by atoms with Gasteiger partial charge < -0.3 is 0 Å². The van der Waals surface area contributed by atoms with Crippen LogP contribution in [0.15, 0.2) is 24.3 Å². The maximum atomic E-state index is 12.6. The van der Waals surface area contributed by atoms with E-state index in [9.17, 15) is 14.4 Å². The van der Waals surface area contributed by atoms with Gasteiger partial charge in [-0.2, -0.15) is 0 Å². The third kappa shape index (κ3) is 5.00. The van der Waals surface area contributed by atoms with Gasteiger partial charge in [0.2, 0.25) is 0 Å². The molecule has 1 saturated heterocycles. The zero-order valence-corrected chi connectivity index (χ0v) is 17.1. The molecule has 2 atom stereocenters. The molecule has 1 aliphatic heterocycles. The molecule has 6 nitrogen and oxygen atoms in total. The summed E-state index contributed by atoms with van der Waals surface area (Å²) in [5, 5.41) is 0.392. The van der Waals surface area contributed by atoms with Gasteiger partial charge in [0.15, 0.2) is 0 Å². The molecule has 0 N–H and O–H groups in total. The van der Waals surface area contributed by atoms with Crippen molar-refractivity contribution in [3.05, 3.63) is 34.9 Å². The molecule has 1 aromatic carbocycles. The summed E-state index contributed by atoms with van der Waals surface area (Å²) in [6.45, 7) is 3.84. The first-order valence-corrected chi connectivity index (χ1v) is 10.6. The number of hydrogen-bond donors (Lipinski definition) is 0. The Morgan fingerprint density at radius 2 is 1.96 bits per heavy atom. The molecule has 0 spiro atoms. The second kappa shape index (κ2) is 9.40. The maximum absolute atomic E-state index is 12.6. The van der Waals surface area contributed by atoms with Gasteiger partial charge in [0, 0.05) is 0 Å². The first-order valence-electron chi connectivity index (χ1n) is 8.42. The van der Waals surface area contributed by atoms with Crippen molar-refractivity contribution >= 4 is 44.5 Å². The van der Waals surface area contributed by atoms with Crippen molar-refractivity contribution in [2.75, 3.05) is 13.2 Å². The Morgan fingerprint density at radius 3 is 2.62 bits per heavy atom. The Kier molecular flexibility index (Phi) is 7.50. The summed E-state index contributed by atoms with van der Waals surface area (Å²) in [6.07, 6.45) is 1.50. The summed E-state index contributed by atoms with van der Waals surface area (Å²) in [5.41, 5.74) is 0.246. The van der Waals surface area contributed by atoms with Crippen LogP contribution in [0, 0.1) is 0 Å². The van der Waals surface area contributed by atoms with Crippen LogP contribution in [0.1, 0.15) is 43.5 Å². The van der Waals surface area contributed by atoms with Crippen LogP contribution in [0.2, 0.25) is 9.84 Å². The summed E-state index contributed by atoms with van der Waals surface area (Å²) >= 11 is 5.28. The molecule has 0 amide bonds. The molecule has 1 aromatic rings. The summed E-state index contributed by atoms with van der Waals surface area (Å²) in [5.74, 6) is -1.63. The molecule has 142 valence electrons. The van der Waals surface area contributed by atoms with E-state index in [2.05, 4.69) is 0 Å². The minimum absolute atomic E-state index is 0.162. The Balaban J connectivity index is 2.25. The van der Waals surface area contributed by atoms with Gasteiger partial charge in [-0.05, 0) is 0 Å². The fourth-order valence-electron chi connectivity index (χ4n) is 2.60.